The van der Waals surface area contributed by atoms with Crippen LogP contribution in [0.2, 0.25) is 0 Å². The fraction of sp³-hybridized carbons (Fsp3) is 0.0800. The number of allylic oxidation sites excluding steroid dienone is 1. The largest absolute Gasteiger partial charge is 0.207 e. The van der Waals surface area contributed by atoms with Crippen LogP contribution in [0.25, 0.3) is 10.8 Å². The fourth-order valence-corrected chi connectivity index (χ4v) is 13.2. The lowest BCUT2D eigenvalue weighted by Crippen LogP contribution is -2.64. The normalized spacial score (nSPS) is 12.6. The van der Waals surface area contributed by atoms with Gasteiger partial charge in [0.15, 0.2) is 58.2 Å². The summed E-state index contributed by atoms with van der Waals surface area (Å²) in [5, 5.41) is 0.285. The highest BCUT2D eigenvalue weighted by Gasteiger charge is 2.53. The molecule has 0 heterocycles. The Morgan fingerprint density at radius 3 is 1.06 bits per heavy atom. The van der Waals surface area contributed by atoms with E-state index < -0.39 is 134 Å². The van der Waals surface area contributed by atoms with Crippen LogP contribution in [0.1, 0.15) is 36.5 Å². The average Bonchev–Trinajstić information content (AvgIpc) is 3.34. The number of rotatable bonds is 12. The molecule has 7 rings (SSSR count). The van der Waals surface area contributed by atoms with E-state index in [-0.39, 0.29) is 27.9 Å². The van der Waals surface area contributed by atoms with Gasteiger partial charge in [-0.15, -0.1) is 17.0 Å². The van der Waals surface area contributed by atoms with Gasteiger partial charge >= 0.3 is 0 Å². The second kappa shape index (κ2) is 19.0. The maximum Gasteiger partial charge on any atom is 0.200 e. The van der Waals surface area contributed by atoms with Gasteiger partial charge in [0.2, 0.25) is 5.82 Å². The van der Waals surface area contributed by atoms with E-state index in [1.54, 1.807) is 25.1 Å². The standard InChI is InChI=1S/C50H31BF15P/c1-3-4-20-31(33-36(52)42(58)48(64)43(59)37(33)53)51(34-38(54)44(60)49(65)45(61)39(34)55,35-40(56)46(62)50(66)47(63)41(35)57)25-32(27-23-21-26(2)22-24-27)67(28-14-8-5-9-15-28,29-16-10-6-11-17-29)30-18-12-7-13-19-30/h5-25H,3-4H2,1-2H3/b31-20+,32-25+. The van der Waals surface area contributed by atoms with Crippen molar-refractivity contribution in [1.82, 2.24) is 0 Å². The Kier molecular flexibility index (Phi) is 13.7. The Morgan fingerprint density at radius 1 is 0.418 bits per heavy atom. The van der Waals surface area contributed by atoms with E-state index in [0.717, 1.165) is 0 Å². The number of hydrogen-bond donors (Lipinski definition) is 0. The first kappa shape index (κ1) is 48.4. The highest BCUT2D eigenvalue weighted by molar-refractivity contribution is 8.03. The van der Waals surface area contributed by atoms with Gasteiger partial charge in [-0.2, -0.15) is 11.4 Å². The molecule has 0 aliphatic carbocycles. The minimum Gasteiger partial charge on any atom is -0.207 e. The molecule has 0 bridgehead atoms. The molecule has 0 unspecified atom stereocenters. The lowest BCUT2D eigenvalue weighted by molar-refractivity contribution is 0.376. The van der Waals surface area contributed by atoms with Gasteiger partial charge in [-0.1, -0.05) is 97.8 Å². The third-order valence-corrected chi connectivity index (χ3v) is 15.9. The molecule has 0 radical (unpaired) electrons. The van der Waals surface area contributed by atoms with E-state index in [4.69, 9.17) is 0 Å². The summed E-state index contributed by atoms with van der Waals surface area (Å²) in [4.78, 5) is 0. The van der Waals surface area contributed by atoms with Crippen molar-refractivity contribution in [2.45, 2.75) is 26.7 Å². The highest BCUT2D eigenvalue weighted by Crippen LogP contribution is 2.67. The molecule has 0 nitrogen and oxygen atoms in total. The molecule has 344 valence electrons. The molecule has 0 atom stereocenters. The summed E-state index contributed by atoms with van der Waals surface area (Å²) >= 11 is 0. The van der Waals surface area contributed by atoms with E-state index >= 15 is 61.5 Å². The summed E-state index contributed by atoms with van der Waals surface area (Å²) in [7, 11) is -4.13. The maximum absolute atomic E-state index is 17.3. The van der Waals surface area contributed by atoms with E-state index in [9.17, 15) is 4.39 Å². The van der Waals surface area contributed by atoms with Crippen molar-refractivity contribution in [2.24, 2.45) is 0 Å². The second-order valence-electron chi connectivity index (χ2n) is 15.4. The van der Waals surface area contributed by atoms with Gasteiger partial charge in [0, 0.05) is 11.1 Å². The van der Waals surface area contributed by atoms with Crippen LogP contribution in [-0.4, -0.2) is 6.15 Å². The number of benzene rings is 7. The molecule has 7 aromatic carbocycles. The van der Waals surface area contributed by atoms with E-state index in [1.165, 1.54) is 104 Å². The molecular weight excluding hydrogens is 927 g/mol. The van der Waals surface area contributed by atoms with Crippen LogP contribution < -0.4 is 26.8 Å². The molecule has 0 aliphatic heterocycles. The van der Waals surface area contributed by atoms with Crippen LogP contribution in [0.15, 0.2) is 127 Å². The van der Waals surface area contributed by atoms with Gasteiger partial charge in [0.25, 0.3) is 0 Å². The van der Waals surface area contributed by atoms with Crippen molar-refractivity contribution in [2.75, 3.05) is 0 Å². The van der Waals surface area contributed by atoms with Gasteiger partial charge in [0.1, 0.15) is 52.6 Å². The van der Waals surface area contributed by atoms with Crippen LogP contribution in [0.3, 0.4) is 0 Å². The molecular formula is C50H31BF15P. The van der Waals surface area contributed by atoms with Crippen molar-refractivity contribution >= 4 is 51.0 Å². The summed E-state index contributed by atoms with van der Waals surface area (Å²) in [5.74, 6) is -43.1. The number of aryl methyl sites for hydroxylation is 1. The van der Waals surface area contributed by atoms with Crippen LogP contribution in [0.4, 0.5) is 65.9 Å². The van der Waals surface area contributed by atoms with Crippen molar-refractivity contribution < 1.29 is 65.9 Å². The summed E-state index contributed by atoms with van der Waals surface area (Å²) in [6.45, 7) is 2.93. The summed E-state index contributed by atoms with van der Waals surface area (Å²) < 4.78 is 243. The molecule has 7 aromatic rings. The molecule has 0 saturated heterocycles. The first-order valence-electron chi connectivity index (χ1n) is 20.2. The predicted octanol–water partition coefficient (Wildman–Crippen LogP) is 12.6. The summed E-state index contributed by atoms with van der Waals surface area (Å²) in [6.07, 6.45) is -6.25. The minimum absolute atomic E-state index is 0.137. The SMILES string of the molecule is CCC/C=C(\c1c(F)c(F)c(F)c(F)c1F)[B-](/C=C(\c1ccc(C)cc1)[P+](c1ccccc1)(c1ccccc1)c1ccccc1)(c1c(F)c(F)c(F)c(F)c1F)c1c(F)c(F)c(F)c(F)c1F. The van der Waals surface area contributed by atoms with Gasteiger partial charge in [0.05, 0.1) is 5.31 Å². The number of hydrogen-bond acceptors (Lipinski definition) is 0. The molecule has 0 aromatic heterocycles. The zero-order valence-electron chi connectivity index (χ0n) is 34.7. The lowest BCUT2D eigenvalue weighted by atomic mass is 9.14. The first-order chi connectivity index (χ1) is 31.9. The first-order valence-corrected chi connectivity index (χ1v) is 22.0. The third-order valence-electron chi connectivity index (χ3n) is 11.6. The quantitative estimate of drug-likeness (QED) is 0.0376. The van der Waals surface area contributed by atoms with Gasteiger partial charge in [-0.05, 0) is 49.7 Å². The van der Waals surface area contributed by atoms with Crippen molar-refractivity contribution in [3.05, 3.63) is 231 Å². The zero-order chi connectivity index (χ0) is 48.7. The van der Waals surface area contributed by atoms with Gasteiger partial charge in [-0.25, -0.2) is 65.9 Å². The molecule has 0 fully saturated rings. The zero-order valence-corrected chi connectivity index (χ0v) is 35.6. The van der Waals surface area contributed by atoms with Crippen LogP contribution >= 0.6 is 7.26 Å². The third kappa shape index (κ3) is 7.82. The molecule has 0 N–H and O–H groups in total. The van der Waals surface area contributed by atoms with E-state index in [0.29, 0.717) is 17.6 Å². The highest BCUT2D eigenvalue weighted by atomic mass is 31.2. The molecule has 67 heavy (non-hydrogen) atoms. The second-order valence-corrected chi connectivity index (χ2v) is 18.8. The maximum atomic E-state index is 17.3. The van der Waals surface area contributed by atoms with Gasteiger partial charge < -0.3 is 0 Å². The Hall–Kier alpha value is -6.54. The molecule has 0 amide bonds. The van der Waals surface area contributed by atoms with Crippen LogP contribution in [0, 0.1) is 94.2 Å². The Bertz CT molecular complexity index is 2830. The van der Waals surface area contributed by atoms with Crippen molar-refractivity contribution in [3.63, 3.8) is 0 Å². The molecule has 17 heteroatoms. The summed E-state index contributed by atoms with van der Waals surface area (Å²) in [5.41, 5.74) is -8.59. The number of halogens is 15. The summed E-state index contributed by atoms with van der Waals surface area (Å²) in [6, 6.07) is 28.6. The van der Waals surface area contributed by atoms with Crippen molar-refractivity contribution in [3.8, 4) is 0 Å². The number of unbranched alkanes of at least 4 members (excludes halogenated alkanes) is 1. The predicted molar refractivity (Wildman–Crippen MR) is 231 cm³/mol. The lowest BCUT2D eigenvalue weighted by Gasteiger charge is -2.45. The molecule has 0 spiro atoms. The fourth-order valence-electron chi connectivity index (χ4n) is 8.61. The monoisotopic (exact) mass is 958 g/mol. The molecule has 0 aliphatic rings. The van der Waals surface area contributed by atoms with Crippen molar-refractivity contribution in [1.29, 1.82) is 0 Å². The Labute approximate surface area is 374 Å². The molecule has 0 saturated carbocycles. The van der Waals surface area contributed by atoms with E-state index in [1.807, 2.05) is 0 Å². The Morgan fingerprint density at radius 2 is 0.731 bits per heavy atom. The van der Waals surface area contributed by atoms with Gasteiger partial charge in [-0.3, -0.25) is 0 Å². The smallest absolute Gasteiger partial charge is 0.200 e. The average molecular weight is 959 g/mol. The van der Waals surface area contributed by atoms with Crippen LogP contribution in [0.5, 0.6) is 0 Å². The van der Waals surface area contributed by atoms with Crippen LogP contribution in [-0.2, 0) is 0 Å². The minimum atomic E-state index is -5.72. The topological polar surface area (TPSA) is 0 Å². The van der Waals surface area contributed by atoms with E-state index in [2.05, 4.69) is 0 Å². The Balaban J connectivity index is 1.98.